The zero-order valence-electron chi connectivity index (χ0n) is 12.6. The molecule has 0 saturated heterocycles. The lowest BCUT2D eigenvalue weighted by molar-refractivity contribution is -0.385. The van der Waals surface area contributed by atoms with Crippen LogP contribution in [0.15, 0.2) is 36.4 Å². The predicted octanol–water partition coefficient (Wildman–Crippen LogP) is 3.00. The van der Waals surface area contributed by atoms with E-state index in [1.54, 1.807) is 37.3 Å². The molecule has 2 aromatic rings. The Balaban J connectivity index is 2.46. The Hall–Kier alpha value is -2.60. The highest BCUT2D eigenvalue weighted by Crippen LogP contribution is 2.34. The van der Waals surface area contributed by atoms with E-state index in [4.69, 9.17) is 9.47 Å². The molecule has 2 aromatic carbocycles. The summed E-state index contributed by atoms with van der Waals surface area (Å²) in [4.78, 5) is 10.6. The predicted molar refractivity (Wildman–Crippen MR) is 81.4 cm³/mol. The first-order valence-corrected chi connectivity index (χ1v) is 6.63. The van der Waals surface area contributed by atoms with E-state index >= 15 is 0 Å². The standard InChI is InChI=1S/C16H17NO5/c1-10-4-5-11(8-14(10)17(19)20)16(18)13-7-6-12(21-2)9-15(13)22-3/h4-9,16,18H,1-3H3/t16-/m1/s1. The summed E-state index contributed by atoms with van der Waals surface area (Å²) in [6.45, 7) is 1.66. The molecule has 0 amide bonds. The molecule has 0 radical (unpaired) electrons. The van der Waals surface area contributed by atoms with E-state index in [2.05, 4.69) is 0 Å². The summed E-state index contributed by atoms with van der Waals surface area (Å²) in [5.74, 6) is 1.05. The van der Waals surface area contributed by atoms with E-state index in [9.17, 15) is 15.2 Å². The van der Waals surface area contributed by atoms with Crippen molar-refractivity contribution < 1.29 is 19.5 Å². The minimum atomic E-state index is -1.03. The summed E-state index contributed by atoms with van der Waals surface area (Å²) in [5, 5.41) is 21.5. The second-order valence-electron chi connectivity index (χ2n) is 4.81. The Bertz CT molecular complexity index is 699. The molecule has 1 N–H and O–H groups in total. The molecule has 0 heterocycles. The molecule has 2 rings (SSSR count). The van der Waals surface area contributed by atoms with Crippen LogP contribution in [-0.2, 0) is 0 Å². The molecule has 0 bridgehead atoms. The lowest BCUT2D eigenvalue weighted by atomic mass is 9.98. The number of nitrogens with zero attached hydrogens (tertiary/aromatic N) is 1. The van der Waals surface area contributed by atoms with Crippen LogP contribution in [0.25, 0.3) is 0 Å². The van der Waals surface area contributed by atoms with Crippen molar-refractivity contribution in [2.75, 3.05) is 14.2 Å². The maximum absolute atomic E-state index is 11.0. The maximum Gasteiger partial charge on any atom is 0.272 e. The zero-order chi connectivity index (χ0) is 16.3. The number of nitro groups is 1. The minimum Gasteiger partial charge on any atom is -0.497 e. The van der Waals surface area contributed by atoms with Crippen LogP contribution in [0.2, 0.25) is 0 Å². The highest BCUT2D eigenvalue weighted by Gasteiger charge is 2.20. The first-order valence-electron chi connectivity index (χ1n) is 6.63. The number of benzene rings is 2. The number of hydrogen-bond acceptors (Lipinski definition) is 5. The molecule has 0 saturated carbocycles. The van der Waals surface area contributed by atoms with Crippen LogP contribution in [0.4, 0.5) is 5.69 Å². The second kappa shape index (κ2) is 6.44. The summed E-state index contributed by atoms with van der Waals surface area (Å²) in [5.41, 5.74) is 1.47. The van der Waals surface area contributed by atoms with Crippen molar-refractivity contribution in [2.45, 2.75) is 13.0 Å². The van der Waals surface area contributed by atoms with Gasteiger partial charge in [0.25, 0.3) is 5.69 Å². The normalized spacial score (nSPS) is 11.8. The van der Waals surface area contributed by atoms with Gasteiger partial charge in [-0.1, -0.05) is 12.1 Å². The Morgan fingerprint density at radius 3 is 2.45 bits per heavy atom. The largest absolute Gasteiger partial charge is 0.497 e. The lowest BCUT2D eigenvalue weighted by Gasteiger charge is -2.16. The van der Waals surface area contributed by atoms with Crippen LogP contribution in [0.3, 0.4) is 0 Å². The first-order chi connectivity index (χ1) is 10.5. The number of aliphatic hydroxyl groups is 1. The molecule has 0 aliphatic carbocycles. The molecule has 0 spiro atoms. The zero-order valence-corrected chi connectivity index (χ0v) is 12.6. The number of ether oxygens (including phenoxy) is 2. The average Bonchev–Trinajstić information content (AvgIpc) is 2.53. The van der Waals surface area contributed by atoms with E-state index in [1.807, 2.05) is 0 Å². The molecule has 0 aromatic heterocycles. The highest BCUT2D eigenvalue weighted by molar-refractivity contribution is 5.49. The second-order valence-corrected chi connectivity index (χ2v) is 4.81. The maximum atomic E-state index is 11.0. The molecule has 0 unspecified atom stereocenters. The molecule has 22 heavy (non-hydrogen) atoms. The highest BCUT2D eigenvalue weighted by atomic mass is 16.6. The molecule has 116 valence electrons. The van der Waals surface area contributed by atoms with Crippen LogP contribution in [0, 0.1) is 17.0 Å². The third-order valence-electron chi connectivity index (χ3n) is 3.48. The van der Waals surface area contributed by atoms with Gasteiger partial charge < -0.3 is 14.6 Å². The van der Waals surface area contributed by atoms with Gasteiger partial charge in [0.2, 0.25) is 0 Å². The van der Waals surface area contributed by atoms with Gasteiger partial charge in [0.15, 0.2) is 0 Å². The number of hydrogen-bond donors (Lipinski definition) is 1. The third-order valence-corrected chi connectivity index (χ3v) is 3.48. The van der Waals surface area contributed by atoms with Crippen molar-refractivity contribution in [3.05, 3.63) is 63.2 Å². The number of nitro benzene ring substituents is 1. The summed E-state index contributed by atoms with van der Waals surface area (Å²) in [6, 6.07) is 9.69. The van der Waals surface area contributed by atoms with Gasteiger partial charge in [0, 0.05) is 23.3 Å². The molecule has 1 atom stereocenters. The summed E-state index contributed by atoms with van der Waals surface area (Å²) >= 11 is 0. The van der Waals surface area contributed by atoms with Crippen molar-refractivity contribution in [3.63, 3.8) is 0 Å². The first kappa shape index (κ1) is 15.8. The van der Waals surface area contributed by atoms with E-state index in [0.717, 1.165) is 0 Å². The van der Waals surface area contributed by atoms with E-state index < -0.39 is 11.0 Å². The molecule has 6 nitrogen and oxygen atoms in total. The smallest absolute Gasteiger partial charge is 0.272 e. The van der Waals surface area contributed by atoms with Gasteiger partial charge in [0.1, 0.15) is 17.6 Å². The van der Waals surface area contributed by atoms with Crippen molar-refractivity contribution >= 4 is 5.69 Å². The van der Waals surface area contributed by atoms with E-state index in [1.165, 1.54) is 20.3 Å². The molecule has 0 fully saturated rings. The Morgan fingerprint density at radius 1 is 1.14 bits per heavy atom. The third kappa shape index (κ3) is 3.01. The molecule has 6 heteroatoms. The van der Waals surface area contributed by atoms with Gasteiger partial charge >= 0.3 is 0 Å². The van der Waals surface area contributed by atoms with Crippen LogP contribution in [-0.4, -0.2) is 24.2 Å². The summed E-state index contributed by atoms with van der Waals surface area (Å²) in [7, 11) is 3.02. The number of aliphatic hydroxyl groups excluding tert-OH is 1. The summed E-state index contributed by atoms with van der Waals surface area (Å²) in [6.07, 6.45) is -1.03. The number of rotatable bonds is 5. The Kier molecular flexibility index (Phi) is 4.62. The van der Waals surface area contributed by atoms with Crippen LogP contribution >= 0.6 is 0 Å². The van der Waals surface area contributed by atoms with Gasteiger partial charge in [-0.05, 0) is 24.6 Å². The topological polar surface area (TPSA) is 81.8 Å². The Labute approximate surface area is 128 Å². The summed E-state index contributed by atoms with van der Waals surface area (Å²) < 4.78 is 10.4. The Morgan fingerprint density at radius 2 is 1.86 bits per heavy atom. The van der Waals surface area contributed by atoms with Gasteiger partial charge in [-0.3, -0.25) is 10.1 Å². The minimum absolute atomic E-state index is 0.0240. The van der Waals surface area contributed by atoms with Gasteiger partial charge in [-0.2, -0.15) is 0 Å². The molecular formula is C16H17NO5. The SMILES string of the molecule is COc1ccc([C@H](O)c2ccc(C)c([N+](=O)[O-])c2)c(OC)c1. The van der Waals surface area contributed by atoms with E-state index in [0.29, 0.717) is 28.2 Å². The monoisotopic (exact) mass is 303 g/mol. The molecule has 0 aliphatic heterocycles. The van der Waals surface area contributed by atoms with Crippen LogP contribution < -0.4 is 9.47 Å². The average molecular weight is 303 g/mol. The van der Waals surface area contributed by atoms with Crippen molar-refractivity contribution in [3.8, 4) is 11.5 Å². The fourth-order valence-corrected chi connectivity index (χ4v) is 2.22. The van der Waals surface area contributed by atoms with Crippen molar-refractivity contribution in [1.82, 2.24) is 0 Å². The van der Waals surface area contributed by atoms with Gasteiger partial charge in [0.05, 0.1) is 19.1 Å². The van der Waals surface area contributed by atoms with Crippen molar-refractivity contribution in [1.29, 1.82) is 0 Å². The van der Waals surface area contributed by atoms with Gasteiger partial charge in [-0.15, -0.1) is 0 Å². The van der Waals surface area contributed by atoms with Crippen molar-refractivity contribution in [2.24, 2.45) is 0 Å². The number of methoxy groups -OCH3 is 2. The van der Waals surface area contributed by atoms with Crippen LogP contribution in [0.1, 0.15) is 22.8 Å². The number of aryl methyl sites for hydroxylation is 1. The molecule has 0 aliphatic rings. The molecular weight excluding hydrogens is 286 g/mol. The van der Waals surface area contributed by atoms with Gasteiger partial charge in [-0.25, -0.2) is 0 Å². The quantitative estimate of drug-likeness (QED) is 0.678. The lowest BCUT2D eigenvalue weighted by Crippen LogP contribution is -2.04. The fraction of sp³-hybridized carbons (Fsp3) is 0.250. The van der Waals surface area contributed by atoms with E-state index in [-0.39, 0.29) is 5.69 Å². The fourth-order valence-electron chi connectivity index (χ4n) is 2.22. The van der Waals surface area contributed by atoms with Crippen LogP contribution in [0.5, 0.6) is 11.5 Å².